The molecule has 0 aromatic heterocycles. The summed E-state index contributed by atoms with van der Waals surface area (Å²) in [5.74, 6) is -1.78. The van der Waals surface area contributed by atoms with Gasteiger partial charge >= 0.3 is 25.7 Å². The number of phosphoric ester groups is 1. The SMILES string of the molecule is CC/C=C\C/C=C\C/C=C\C/C=C\C/C=C\CCCC(=O)OCC(COP(=O)(O)OCC(CO)OC(=O)C/C=C\C/C=C\C/C=C\C/C=C\C/C=C\CC)OC(=O)CCC/C=C\C/C=C\C/C=C\C/C=C\C/C=C\CC. The van der Waals surface area contributed by atoms with Crippen molar-refractivity contribution in [1.82, 2.24) is 0 Å². The third-order valence-electron chi connectivity index (χ3n) is 10.3. The Labute approximate surface area is 459 Å². The van der Waals surface area contributed by atoms with Crippen LogP contribution >= 0.6 is 7.82 Å². The van der Waals surface area contributed by atoms with E-state index in [1.807, 2.05) is 42.5 Å². The van der Waals surface area contributed by atoms with E-state index in [0.29, 0.717) is 32.1 Å². The molecule has 0 radical (unpaired) electrons. The minimum Gasteiger partial charge on any atom is -0.462 e. The summed E-state index contributed by atoms with van der Waals surface area (Å²) < 4.78 is 39.2. The Morgan fingerprint density at radius 1 is 0.382 bits per heavy atom. The lowest BCUT2D eigenvalue weighted by Gasteiger charge is -2.21. The topological polar surface area (TPSA) is 155 Å². The molecular weight excluding hydrogens is 976 g/mol. The molecule has 0 aliphatic heterocycles. The summed E-state index contributed by atoms with van der Waals surface area (Å²) in [4.78, 5) is 48.4. The minimum atomic E-state index is -4.81. The summed E-state index contributed by atoms with van der Waals surface area (Å²) in [6.45, 7) is 4.01. The number of carbonyl (C=O) groups is 3. The number of ether oxygens (including phenoxy) is 3. The first-order valence-corrected chi connectivity index (χ1v) is 29.2. The van der Waals surface area contributed by atoms with Gasteiger partial charge in [0.15, 0.2) is 6.10 Å². The van der Waals surface area contributed by atoms with Gasteiger partial charge in [0.1, 0.15) is 12.7 Å². The minimum absolute atomic E-state index is 0.0580. The fraction of sp³-hybridized carbons (Fsp3) is 0.484. The van der Waals surface area contributed by atoms with Crippen LogP contribution in [0.2, 0.25) is 0 Å². The van der Waals surface area contributed by atoms with Crippen molar-refractivity contribution >= 4 is 25.7 Å². The van der Waals surface area contributed by atoms with Crippen molar-refractivity contribution in [3.63, 3.8) is 0 Å². The van der Waals surface area contributed by atoms with E-state index in [1.165, 1.54) is 0 Å². The highest BCUT2D eigenvalue weighted by Gasteiger charge is 2.28. The van der Waals surface area contributed by atoms with Gasteiger partial charge in [-0.05, 0) is 122 Å². The Kier molecular flexibility index (Phi) is 51.8. The van der Waals surface area contributed by atoms with Gasteiger partial charge in [-0.1, -0.05) is 203 Å². The van der Waals surface area contributed by atoms with Crippen molar-refractivity contribution in [1.29, 1.82) is 0 Å². The van der Waals surface area contributed by atoms with E-state index in [0.717, 1.165) is 89.9 Å². The molecule has 0 aromatic rings. The maximum atomic E-state index is 12.9. The highest BCUT2D eigenvalue weighted by atomic mass is 31.2. The van der Waals surface area contributed by atoms with Crippen molar-refractivity contribution in [2.24, 2.45) is 0 Å². The highest BCUT2D eigenvalue weighted by Crippen LogP contribution is 2.43. The highest BCUT2D eigenvalue weighted by molar-refractivity contribution is 7.47. The molecule has 0 amide bonds. The second-order valence-electron chi connectivity index (χ2n) is 17.3. The van der Waals surface area contributed by atoms with Gasteiger partial charge in [-0.3, -0.25) is 23.4 Å². The monoisotopic (exact) mass is 1070 g/mol. The number of allylic oxidation sites excluding steroid dienone is 29. The molecule has 0 fully saturated rings. The van der Waals surface area contributed by atoms with Crippen LogP contribution in [0.5, 0.6) is 0 Å². The molecule has 0 spiro atoms. The lowest BCUT2D eigenvalue weighted by atomic mass is 10.2. The average molecular weight is 1070 g/mol. The molecule has 2 N–H and O–H groups in total. The molecule has 11 nitrogen and oxygen atoms in total. The van der Waals surface area contributed by atoms with Crippen LogP contribution in [0.4, 0.5) is 0 Å². The number of esters is 3. The normalized spacial score (nSPS) is 14.8. The number of rotatable bonds is 48. The van der Waals surface area contributed by atoms with Crippen LogP contribution in [0.3, 0.4) is 0 Å². The summed E-state index contributed by atoms with van der Waals surface area (Å²) in [6, 6.07) is 0. The number of aliphatic hydroxyl groups excluding tert-OH is 1. The number of aliphatic hydroxyl groups is 1. The maximum absolute atomic E-state index is 12.9. The lowest BCUT2D eigenvalue weighted by molar-refractivity contribution is -0.161. The van der Waals surface area contributed by atoms with E-state index < -0.39 is 64.4 Å². The van der Waals surface area contributed by atoms with E-state index in [-0.39, 0.29) is 19.3 Å². The zero-order valence-corrected chi connectivity index (χ0v) is 47.3. The van der Waals surface area contributed by atoms with Gasteiger partial charge in [-0.2, -0.15) is 0 Å². The fourth-order valence-corrected chi connectivity index (χ4v) is 7.05. The second kappa shape index (κ2) is 55.8. The standard InChI is InChI=1S/C64H95O11P/c1-4-7-10-13-16-19-22-25-28-30-33-35-38-41-44-47-50-53-62(66)71-57-61(75-64(68)55-52-49-46-43-40-37-34-31-29-26-23-20-17-14-11-8-5-2)59-73-76(69,70)72-58-60(56-65)74-63(67)54-51-48-45-42-39-36-32-27-24-21-18-15-12-9-6-3/h7-12,16-21,25-29,32-35,37,39,41-44,46,48,51,60-61,65H,4-6,13-15,22-24,30-31,36,38,40,45,47,49-50,52-59H2,1-3H3,(H,69,70)/b10-7-,11-8-,12-9-,19-16-,20-17-,21-18-,28-25-,29-26-,32-27-,35-33-,37-34-,42-39-,44-41-,46-43-,51-48-. The van der Waals surface area contributed by atoms with E-state index >= 15 is 0 Å². The summed E-state index contributed by atoms with van der Waals surface area (Å²) in [7, 11) is -4.81. The molecule has 0 aliphatic carbocycles. The molecule has 0 saturated carbocycles. The quantitative estimate of drug-likeness (QED) is 0.0197. The molecule has 0 aliphatic rings. The molecule has 3 atom stereocenters. The molecule has 0 rings (SSSR count). The number of carbonyl (C=O) groups excluding carboxylic acids is 3. The predicted octanol–water partition coefficient (Wildman–Crippen LogP) is 16.5. The zero-order chi connectivity index (χ0) is 55.5. The Morgan fingerprint density at radius 3 is 1.01 bits per heavy atom. The summed E-state index contributed by atoms with van der Waals surface area (Å²) in [5.41, 5.74) is 0. The molecule has 0 bridgehead atoms. The van der Waals surface area contributed by atoms with Crippen molar-refractivity contribution in [2.45, 2.75) is 174 Å². The number of phosphoric acid groups is 1. The van der Waals surface area contributed by atoms with Gasteiger partial charge in [0, 0.05) is 12.8 Å². The third-order valence-corrected chi connectivity index (χ3v) is 11.3. The van der Waals surface area contributed by atoms with E-state index in [2.05, 4.69) is 154 Å². The Balaban J connectivity index is 5.02. The van der Waals surface area contributed by atoms with Crippen LogP contribution in [0.15, 0.2) is 182 Å². The Hall–Kier alpha value is -5.42. The van der Waals surface area contributed by atoms with Crippen molar-refractivity contribution in [2.75, 3.05) is 26.4 Å². The van der Waals surface area contributed by atoms with Crippen LogP contribution in [0.25, 0.3) is 0 Å². The van der Waals surface area contributed by atoms with Gasteiger partial charge in [-0.15, -0.1) is 0 Å². The molecule has 0 heterocycles. The Morgan fingerprint density at radius 2 is 0.671 bits per heavy atom. The first-order valence-electron chi connectivity index (χ1n) is 27.7. The van der Waals surface area contributed by atoms with Gasteiger partial charge in [-0.25, -0.2) is 4.57 Å². The lowest BCUT2D eigenvalue weighted by Crippen LogP contribution is -2.30. The van der Waals surface area contributed by atoms with Crippen LogP contribution in [-0.2, 0) is 42.2 Å². The number of hydrogen-bond donors (Lipinski definition) is 2. The van der Waals surface area contributed by atoms with Gasteiger partial charge in [0.2, 0.25) is 0 Å². The zero-order valence-electron chi connectivity index (χ0n) is 46.4. The van der Waals surface area contributed by atoms with Crippen LogP contribution in [0, 0.1) is 0 Å². The molecule has 76 heavy (non-hydrogen) atoms. The molecular formula is C64H95O11P. The van der Waals surface area contributed by atoms with Crippen LogP contribution in [0.1, 0.15) is 162 Å². The molecule has 0 aromatic carbocycles. The summed E-state index contributed by atoms with van der Waals surface area (Å²) in [5, 5.41) is 9.79. The molecule has 3 unspecified atom stereocenters. The second-order valence-corrected chi connectivity index (χ2v) is 18.7. The third kappa shape index (κ3) is 53.4. The predicted molar refractivity (Wildman–Crippen MR) is 315 cm³/mol. The van der Waals surface area contributed by atoms with E-state index in [4.69, 9.17) is 23.3 Å². The largest absolute Gasteiger partial charge is 0.472 e. The number of unbranched alkanes of at least 4 members (excludes halogenated alkanes) is 2. The van der Waals surface area contributed by atoms with Crippen LogP contribution < -0.4 is 0 Å². The number of hydrogen-bond acceptors (Lipinski definition) is 10. The first-order chi connectivity index (χ1) is 37.2. The average Bonchev–Trinajstić information content (AvgIpc) is 3.41. The molecule has 422 valence electrons. The smallest absolute Gasteiger partial charge is 0.462 e. The summed E-state index contributed by atoms with van der Waals surface area (Å²) >= 11 is 0. The van der Waals surface area contributed by atoms with E-state index in [9.17, 15) is 28.9 Å². The van der Waals surface area contributed by atoms with Crippen LogP contribution in [-0.4, -0.2) is 66.5 Å². The Bertz CT molecular complexity index is 1970. The van der Waals surface area contributed by atoms with Crippen molar-refractivity contribution < 1.29 is 52.2 Å². The molecule has 0 saturated heterocycles. The van der Waals surface area contributed by atoms with E-state index in [1.54, 1.807) is 6.08 Å². The fourth-order valence-electron chi connectivity index (χ4n) is 6.26. The van der Waals surface area contributed by atoms with Gasteiger partial charge < -0.3 is 24.2 Å². The van der Waals surface area contributed by atoms with Gasteiger partial charge in [0.25, 0.3) is 0 Å². The first kappa shape index (κ1) is 70.6. The molecule has 12 heteroatoms. The van der Waals surface area contributed by atoms with Crippen molar-refractivity contribution in [3.05, 3.63) is 182 Å². The maximum Gasteiger partial charge on any atom is 0.472 e. The van der Waals surface area contributed by atoms with Gasteiger partial charge in [0.05, 0.1) is 26.2 Å². The summed E-state index contributed by atoms with van der Waals surface area (Å²) in [6.07, 6.45) is 76.1. The van der Waals surface area contributed by atoms with Crippen molar-refractivity contribution in [3.8, 4) is 0 Å².